The molecule has 1 aromatic carbocycles. The second-order valence-electron chi connectivity index (χ2n) is 5.31. The van der Waals surface area contributed by atoms with Gasteiger partial charge in [-0.3, -0.25) is 4.90 Å². The zero-order valence-corrected chi connectivity index (χ0v) is 11.8. The van der Waals surface area contributed by atoms with E-state index in [1.54, 1.807) is 25.2 Å². The van der Waals surface area contributed by atoms with E-state index in [0.29, 0.717) is 11.6 Å². The van der Waals surface area contributed by atoms with Crippen molar-refractivity contribution in [3.63, 3.8) is 0 Å². The molecule has 0 saturated heterocycles. The van der Waals surface area contributed by atoms with Crippen molar-refractivity contribution in [2.45, 2.75) is 32.2 Å². The average Bonchev–Trinajstić information content (AvgIpc) is 2.35. The fourth-order valence-corrected chi connectivity index (χ4v) is 2.41. The minimum Gasteiger partial charge on any atom is -0.478 e. The summed E-state index contributed by atoms with van der Waals surface area (Å²) in [7, 11) is 1.59. The summed E-state index contributed by atoms with van der Waals surface area (Å²) in [6.07, 6.45) is 3.52. The highest BCUT2D eigenvalue weighted by Crippen LogP contribution is 2.29. The van der Waals surface area contributed by atoms with Crippen LogP contribution in [0.25, 0.3) is 0 Å². The molecule has 108 valence electrons. The van der Waals surface area contributed by atoms with Crippen LogP contribution in [0.3, 0.4) is 0 Å². The molecule has 0 radical (unpaired) electrons. The summed E-state index contributed by atoms with van der Waals surface area (Å²) in [5, 5.41) is 12.1. The topological polar surface area (TPSA) is 69.6 Å². The Morgan fingerprint density at radius 2 is 2.00 bits per heavy atom. The van der Waals surface area contributed by atoms with Gasteiger partial charge in [0.05, 0.1) is 11.3 Å². The van der Waals surface area contributed by atoms with Crippen molar-refractivity contribution < 1.29 is 14.7 Å². The van der Waals surface area contributed by atoms with Crippen molar-refractivity contribution in [3.8, 4) is 0 Å². The lowest BCUT2D eigenvalue weighted by atomic mass is 9.80. The fraction of sp³-hybridized carbons (Fsp3) is 0.467. The molecule has 2 N–H and O–H groups in total. The van der Waals surface area contributed by atoms with Gasteiger partial charge in [-0.25, -0.2) is 9.59 Å². The van der Waals surface area contributed by atoms with E-state index in [-0.39, 0.29) is 17.6 Å². The van der Waals surface area contributed by atoms with Gasteiger partial charge in [0.1, 0.15) is 0 Å². The molecule has 20 heavy (non-hydrogen) atoms. The van der Waals surface area contributed by atoms with Crippen LogP contribution in [-0.4, -0.2) is 30.2 Å². The first-order chi connectivity index (χ1) is 9.50. The van der Waals surface area contributed by atoms with E-state index in [1.165, 1.54) is 17.4 Å². The van der Waals surface area contributed by atoms with Crippen LogP contribution in [0.4, 0.5) is 10.5 Å². The van der Waals surface area contributed by atoms with Crippen LogP contribution in [0.2, 0.25) is 0 Å². The number of carbonyl (C=O) groups excluding carboxylic acids is 1. The van der Waals surface area contributed by atoms with E-state index in [2.05, 4.69) is 5.32 Å². The summed E-state index contributed by atoms with van der Waals surface area (Å²) in [4.78, 5) is 24.7. The Labute approximate surface area is 118 Å². The maximum Gasteiger partial charge on any atom is 0.337 e. The molecule has 0 bridgehead atoms. The molecular weight excluding hydrogens is 256 g/mol. The molecule has 0 aliphatic heterocycles. The van der Waals surface area contributed by atoms with Crippen LogP contribution >= 0.6 is 0 Å². The second kappa shape index (κ2) is 5.94. The Bertz CT molecular complexity index is 512. The van der Waals surface area contributed by atoms with Crippen LogP contribution in [0, 0.1) is 5.92 Å². The first-order valence-electron chi connectivity index (χ1n) is 6.87. The first kappa shape index (κ1) is 14.4. The molecular formula is C15H20N2O3. The Hall–Kier alpha value is -2.04. The third-order valence-corrected chi connectivity index (χ3v) is 4.01. The standard InChI is InChI=1S/C15H20N2O3/c1-10(11-6-5-7-11)16-15(20)17(2)13-9-4-3-8-12(13)14(18)19/h3-4,8-11H,5-7H2,1-2H3,(H,16,20)(H,18,19). The number of carboxylic acid groups (broad SMARTS) is 1. The number of urea groups is 1. The van der Waals surface area contributed by atoms with Gasteiger partial charge >= 0.3 is 12.0 Å². The second-order valence-corrected chi connectivity index (χ2v) is 5.31. The molecule has 1 atom stereocenters. The molecule has 1 aliphatic rings. The summed E-state index contributed by atoms with van der Waals surface area (Å²) in [6.45, 7) is 2.00. The number of carbonyl (C=O) groups is 2. The molecule has 1 aliphatic carbocycles. The predicted molar refractivity (Wildman–Crippen MR) is 77.1 cm³/mol. The van der Waals surface area contributed by atoms with Crippen molar-refractivity contribution >= 4 is 17.7 Å². The number of hydrogen-bond donors (Lipinski definition) is 2. The molecule has 2 amide bonds. The van der Waals surface area contributed by atoms with Crippen LogP contribution in [0.1, 0.15) is 36.5 Å². The van der Waals surface area contributed by atoms with Gasteiger partial charge in [0.15, 0.2) is 0 Å². The molecule has 5 heteroatoms. The molecule has 1 fully saturated rings. The lowest BCUT2D eigenvalue weighted by Crippen LogP contribution is -2.46. The minimum atomic E-state index is -1.03. The molecule has 1 aromatic rings. The monoisotopic (exact) mass is 276 g/mol. The maximum atomic E-state index is 12.2. The Morgan fingerprint density at radius 3 is 2.55 bits per heavy atom. The maximum absolute atomic E-state index is 12.2. The van der Waals surface area contributed by atoms with E-state index in [4.69, 9.17) is 5.11 Å². The van der Waals surface area contributed by atoms with E-state index < -0.39 is 5.97 Å². The Balaban J connectivity index is 2.08. The normalized spacial score (nSPS) is 16.1. The molecule has 1 saturated carbocycles. The zero-order valence-electron chi connectivity index (χ0n) is 11.8. The van der Waals surface area contributed by atoms with E-state index >= 15 is 0 Å². The molecule has 0 heterocycles. The SMILES string of the molecule is CC(NC(=O)N(C)c1ccccc1C(=O)O)C1CCC1. The third kappa shape index (κ3) is 2.92. The predicted octanol–water partition coefficient (Wildman–Crippen LogP) is 2.72. The number of amides is 2. The number of para-hydroxylation sites is 1. The number of rotatable bonds is 4. The van der Waals surface area contributed by atoms with Gasteiger partial charge in [-0.15, -0.1) is 0 Å². The number of anilines is 1. The highest BCUT2D eigenvalue weighted by molar-refractivity contribution is 6.01. The van der Waals surface area contributed by atoms with Crippen molar-refractivity contribution in [1.29, 1.82) is 0 Å². The molecule has 0 spiro atoms. The van der Waals surface area contributed by atoms with Gasteiger partial charge in [-0.05, 0) is 37.8 Å². The van der Waals surface area contributed by atoms with E-state index in [9.17, 15) is 9.59 Å². The molecule has 1 unspecified atom stereocenters. The van der Waals surface area contributed by atoms with E-state index in [0.717, 1.165) is 12.8 Å². The van der Waals surface area contributed by atoms with Crippen LogP contribution < -0.4 is 10.2 Å². The van der Waals surface area contributed by atoms with E-state index in [1.807, 2.05) is 6.92 Å². The number of nitrogens with one attached hydrogen (secondary N) is 1. The summed E-state index contributed by atoms with van der Waals surface area (Å²) < 4.78 is 0. The third-order valence-electron chi connectivity index (χ3n) is 4.01. The summed E-state index contributed by atoms with van der Waals surface area (Å²) in [5.74, 6) is -0.491. The van der Waals surface area contributed by atoms with Crippen molar-refractivity contribution in [2.24, 2.45) is 5.92 Å². The van der Waals surface area contributed by atoms with Crippen molar-refractivity contribution in [2.75, 3.05) is 11.9 Å². The lowest BCUT2D eigenvalue weighted by molar-refractivity contribution is 0.0697. The Morgan fingerprint density at radius 1 is 1.35 bits per heavy atom. The number of carboxylic acids is 1. The largest absolute Gasteiger partial charge is 0.478 e. The summed E-state index contributed by atoms with van der Waals surface area (Å²) in [6, 6.07) is 6.36. The molecule has 2 rings (SSSR count). The molecule has 5 nitrogen and oxygen atoms in total. The van der Waals surface area contributed by atoms with Crippen LogP contribution in [0.5, 0.6) is 0 Å². The van der Waals surface area contributed by atoms with Gasteiger partial charge in [0, 0.05) is 13.1 Å². The number of benzene rings is 1. The smallest absolute Gasteiger partial charge is 0.337 e. The highest BCUT2D eigenvalue weighted by Gasteiger charge is 2.26. The van der Waals surface area contributed by atoms with Crippen LogP contribution in [-0.2, 0) is 0 Å². The molecule has 0 aromatic heterocycles. The number of aromatic carboxylic acids is 1. The van der Waals surface area contributed by atoms with Gasteiger partial charge < -0.3 is 10.4 Å². The average molecular weight is 276 g/mol. The lowest BCUT2D eigenvalue weighted by Gasteiger charge is -2.33. The van der Waals surface area contributed by atoms with Gasteiger partial charge in [0.2, 0.25) is 0 Å². The van der Waals surface area contributed by atoms with Gasteiger partial charge in [-0.1, -0.05) is 18.6 Å². The summed E-state index contributed by atoms with van der Waals surface area (Å²) >= 11 is 0. The van der Waals surface area contributed by atoms with Gasteiger partial charge in [-0.2, -0.15) is 0 Å². The minimum absolute atomic E-state index is 0.121. The number of nitrogens with zero attached hydrogens (tertiary/aromatic N) is 1. The Kier molecular flexibility index (Phi) is 4.27. The summed E-state index contributed by atoms with van der Waals surface area (Å²) in [5.41, 5.74) is 0.528. The van der Waals surface area contributed by atoms with Gasteiger partial charge in [0.25, 0.3) is 0 Å². The quantitative estimate of drug-likeness (QED) is 0.888. The van der Waals surface area contributed by atoms with Crippen LogP contribution in [0.15, 0.2) is 24.3 Å². The van der Waals surface area contributed by atoms with Crippen molar-refractivity contribution in [1.82, 2.24) is 5.32 Å². The number of hydrogen-bond acceptors (Lipinski definition) is 2. The first-order valence-corrected chi connectivity index (χ1v) is 6.87. The van der Waals surface area contributed by atoms with Crippen molar-refractivity contribution in [3.05, 3.63) is 29.8 Å². The zero-order chi connectivity index (χ0) is 14.7. The fourth-order valence-electron chi connectivity index (χ4n) is 2.41. The highest BCUT2D eigenvalue weighted by atomic mass is 16.4.